The molecule has 1 unspecified atom stereocenters. The molecule has 2 N–H and O–H groups in total. The maximum absolute atomic E-state index is 11.1. The first kappa shape index (κ1) is 21.1. The molecule has 130 valence electrons. The summed E-state index contributed by atoms with van der Waals surface area (Å²) in [5, 5.41) is 2.55. The predicted molar refractivity (Wildman–Crippen MR) is 83.9 cm³/mol. The zero-order valence-corrected chi connectivity index (χ0v) is 14.5. The molecule has 0 heterocycles. The van der Waals surface area contributed by atoms with Crippen molar-refractivity contribution < 1.29 is 32.7 Å². The maximum atomic E-state index is 11.1. The fourth-order valence-electron chi connectivity index (χ4n) is 1.39. The van der Waals surface area contributed by atoms with E-state index in [1.54, 1.807) is 0 Å². The van der Waals surface area contributed by atoms with Crippen molar-refractivity contribution >= 4 is 13.7 Å². The molecule has 0 radical (unpaired) electrons. The highest BCUT2D eigenvalue weighted by atomic mass is 31.2. The summed E-state index contributed by atoms with van der Waals surface area (Å²) in [5.74, 6) is 0. The molecule has 22 heavy (non-hydrogen) atoms. The van der Waals surface area contributed by atoms with Crippen molar-refractivity contribution in [1.29, 1.82) is 0 Å². The van der Waals surface area contributed by atoms with Crippen LogP contribution >= 0.6 is 7.60 Å². The van der Waals surface area contributed by atoms with E-state index < -0.39 is 13.7 Å². The summed E-state index contributed by atoms with van der Waals surface area (Å²) < 4.78 is 26.6. The monoisotopic (exact) mass is 339 g/mol. The Labute approximate surface area is 132 Å². The fraction of sp³-hybridized carbons (Fsp3) is 0.769. The standard InChI is InChI=1S/C13H27N2O6P/c1-5-9-20-13(16)14-6-10-19-11-7-15(2,3)8-12-21-22(4,17)18/h5H,1,6-12H2,2-4H3,(H-,14,16,17,18)/p+1. The summed E-state index contributed by atoms with van der Waals surface area (Å²) in [7, 11) is 0.554. The van der Waals surface area contributed by atoms with Crippen LogP contribution in [0.1, 0.15) is 0 Å². The van der Waals surface area contributed by atoms with Crippen molar-refractivity contribution in [3.05, 3.63) is 12.7 Å². The lowest BCUT2D eigenvalue weighted by atomic mass is 10.4. The summed E-state index contributed by atoms with van der Waals surface area (Å²) in [6.45, 7) is 7.61. The molecule has 0 aliphatic rings. The van der Waals surface area contributed by atoms with Crippen LogP contribution in [-0.2, 0) is 18.6 Å². The third kappa shape index (κ3) is 14.0. The van der Waals surface area contributed by atoms with Crippen LogP contribution in [0.15, 0.2) is 12.7 Å². The Kier molecular flexibility index (Phi) is 10.3. The predicted octanol–water partition coefficient (Wildman–Crippen LogP) is 0.823. The van der Waals surface area contributed by atoms with Gasteiger partial charge in [-0.1, -0.05) is 12.7 Å². The van der Waals surface area contributed by atoms with Crippen molar-refractivity contribution in [2.75, 3.05) is 66.8 Å². The molecule has 0 aromatic heterocycles. The lowest BCUT2D eigenvalue weighted by Gasteiger charge is -2.29. The Morgan fingerprint density at radius 1 is 1.32 bits per heavy atom. The second kappa shape index (κ2) is 10.7. The van der Waals surface area contributed by atoms with E-state index in [1.165, 1.54) is 12.7 Å². The largest absolute Gasteiger partial charge is 0.445 e. The van der Waals surface area contributed by atoms with Gasteiger partial charge in [0.25, 0.3) is 0 Å². The summed E-state index contributed by atoms with van der Waals surface area (Å²) in [6, 6.07) is 0. The van der Waals surface area contributed by atoms with Crippen LogP contribution in [0.2, 0.25) is 0 Å². The van der Waals surface area contributed by atoms with E-state index >= 15 is 0 Å². The first-order valence-electron chi connectivity index (χ1n) is 7.02. The van der Waals surface area contributed by atoms with Gasteiger partial charge in [0.15, 0.2) is 0 Å². The van der Waals surface area contributed by atoms with Crippen LogP contribution in [0.3, 0.4) is 0 Å². The van der Waals surface area contributed by atoms with E-state index in [-0.39, 0.29) is 13.2 Å². The molecule has 0 fully saturated rings. The number of nitrogens with zero attached hydrogens (tertiary/aromatic N) is 1. The normalized spacial score (nSPS) is 14.2. The lowest BCUT2D eigenvalue weighted by molar-refractivity contribution is -0.890. The van der Waals surface area contributed by atoms with Crippen LogP contribution in [0.25, 0.3) is 0 Å². The van der Waals surface area contributed by atoms with Crippen LogP contribution in [0.5, 0.6) is 0 Å². The molecule has 0 aromatic rings. The minimum Gasteiger partial charge on any atom is -0.445 e. The van der Waals surface area contributed by atoms with Gasteiger partial charge in [0.05, 0.1) is 27.3 Å². The number of hydrogen-bond donors (Lipinski definition) is 2. The first-order valence-corrected chi connectivity index (χ1v) is 9.05. The lowest BCUT2D eigenvalue weighted by Crippen LogP contribution is -2.44. The Balaban J connectivity index is 3.62. The molecule has 0 aromatic carbocycles. The van der Waals surface area contributed by atoms with Gasteiger partial charge in [0, 0.05) is 13.2 Å². The fourth-order valence-corrected chi connectivity index (χ4v) is 1.81. The highest BCUT2D eigenvalue weighted by Crippen LogP contribution is 2.36. The molecule has 0 rings (SSSR count). The van der Waals surface area contributed by atoms with Crippen LogP contribution in [-0.4, -0.2) is 82.3 Å². The van der Waals surface area contributed by atoms with Crippen LogP contribution in [0, 0.1) is 0 Å². The van der Waals surface area contributed by atoms with Gasteiger partial charge >= 0.3 is 13.7 Å². The molecule has 0 saturated carbocycles. The number of carbonyl (C=O) groups is 1. The second-order valence-electron chi connectivity index (χ2n) is 5.45. The molecule has 1 atom stereocenters. The third-order valence-electron chi connectivity index (χ3n) is 2.72. The Hall–Kier alpha value is -0.920. The number of hydrogen-bond acceptors (Lipinski definition) is 5. The topological polar surface area (TPSA) is 94.1 Å². The van der Waals surface area contributed by atoms with Crippen molar-refractivity contribution in [3.63, 3.8) is 0 Å². The van der Waals surface area contributed by atoms with Gasteiger partial charge in [0.2, 0.25) is 0 Å². The number of likely N-dealkylation sites (N-methyl/N-ethyl adjacent to an activating group) is 1. The van der Waals surface area contributed by atoms with Crippen molar-refractivity contribution in [1.82, 2.24) is 5.32 Å². The van der Waals surface area contributed by atoms with E-state index in [0.717, 1.165) is 6.54 Å². The molecular weight excluding hydrogens is 311 g/mol. The number of ether oxygens (including phenoxy) is 2. The molecule has 0 spiro atoms. The summed E-state index contributed by atoms with van der Waals surface area (Å²) >= 11 is 0. The number of alkyl carbamates (subject to hydrolysis) is 1. The number of quaternary nitrogens is 1. The van der Waals surface area contributed by atoms with Gasteiger partial charge in [-0.3, -0.25) is 4.57 Å². The molecule has 0 bridgehead atoms. The average molecular weight is 339 g/mol. The van der Waals surface area contributed by atoms with E-state index in [1.807, 2.05) is 14.1 Å². The average Bonchev–Trinajstić information content (AvgIpc) is 2.38. The van der Waals surface area contributed by atoms with Crippen LogP contribution in [0.4, 0.5) is 4.79 Å². The van der Waals surface area contributed by atoms with Gasteiger partial charge in [-0.25, -0.2) is 4.79 Å². The molecule has 0 aliphatic heterocycles. The van der Waals surface area contributed by atoms with Gasteiger partial charge < -0.3 is 28.7 Å². The summed E-state index contributed by atoms with van der Waals surface area (Å²) in [6.07, 6.45) is 0.998. The van der Waals surface area contributed by atoms with Crippen LogP contribution < -0.4 is 5.32 Å². The number of nitrogens with one attached hydrogen (secondary N) is 1. The number of amides is 1. The van der Waals surface area contributed by atoms with Gasteiger partial charge in [-0.15, -0.1) is 0 Å². The van der Waals surface area contributed by atoms with Gasteiger partial charge in [-0.05, 0) is 0 Å². The molecule has 9 heteroatoms. The second-order valence-corrected chi connectivity index (χ2v) is 7.31. The minimum absolute atomic E-state index is 0.180. The highest BCUT2D eigenvalue weighted by molar-refractivity contribution is 7.51. The number of carbonyl (C=O) groups excluding carboxylic acids is 1. The molecule has 0 saturated heterocycles. The molecule has 1 amide bonds. The third-order valence-corrected chi connectivity index (χ3v) is 3.38. The Bertz CT molecular complexity index is 383. The van der Waals surface area contributed by atoms with Crippen molar-refractivity contribution in [3.8, 4) is 0 Å². The smallest absolute Gasteiger partial charge is 0.407 e. The SMILES string of the molecule is C=CCOC(=O)NCCOCC[N+](C)(C)CCOP(C)(=O)O. The first-order chi connectivity index (χ1) is 10.2. The quantitative estimate of drug-likeness (QED) is 0.237. The zero-order valence-electron chi connectivity index (χ0n) is 13.6. The van der Waals surface area contributed by atoms with E-state index in [9.17, 15) is 9.36 Å². The van der Waals surface area contributed by atoms with E-state index in [0.29, 0.717) is 30.8 Å². The molecule has 0 aliphatic carbocycles. The van der Waals surface area contributed by atoms with Gasteiger partial charge in [-0.2, -0.15) is 0 Å². The van der Waals surface area contributed by atoms with E-state index in [4.69, 9.17) is 18.9 Å². The maximum Gasteiger partial charge on any atom is 0.407 e. The minimum atomic E-state index is -3.41. The van der Waals surface area contributed by atoms with Crippen molar-refractivity contribution in [2.45, 2.75) is 0 Å². The Morgan fingerprint density at radius 2 is 1.95 bits per heavy atom. The highest BCUT2D eigenvalue weighted by Gasteiger charge is 2.17. The van der Waals surface area contributed by atoms with E-state index in [2.05, 4.69) is 11.9 Å². The molecular formula is C13H28N2O6P+. The molecule has 8 nitrogen and oxygen atoms in total. The zero-order chi connectivity index (χ0) is 17.1. The van der Waals surface area contributed by atoms with Gasteiger partial charge in [0.1, 0.15) is 26.3 Å². The number of rotatable bonds is 12. The van der Waals surface area contributed by atoms with Crippen molar-refractivity contribution in [2.24, 2.45) is 0 Å². The Morgan fingerprint density at radius 3 is 2.55 bits per heavy atom. The summed E-state index contributed by atoms with van der Waals surface area (Å²) in [4.78, 5) is 20.1. The summed E-state index contributed by atoms with van der Waals surface area (Å²) in [5.41, 5.74) is 0.